The summed E-state index contributed by atoms with van der Waals surface area (Å²) in [6.45, 7) is 4.28. The molecule has 3 rings (SSSR count). The van der Waals surface area contributed by atoms with E-state index in [2.05, 4.69) is 29.4 Å². The third-order valence-corrected chi connectivity index (χ3v) is 4.31. The lowest BCUT2D eigenvalue weighted by molar-refractivity contribution is -0.117. The first kappa shape index (κ1) is 17.3. The molecular weight excluding hydrogens is 318 g/mol. The number of anilines is 1. The average Bonchev–Trinajstić information content (AvgIpc) is 3.38. The highest BCUT2D eigenvalue weighted by Gasteiger charge is 2.31. The van der Waals surface area contributed by atoms with Gasteiger partial charge in [0.1, 0.15) is 5.69 Å². The van der Waals surface area contributed by atoms with E-state index in [4.69, 9.17) is 9.47 Å². The van der Waals surface area contributed by atoms with Gasteiger partial charge in [0.25, 0.3) is 0 Å². The predicted molar refractivity (Wildman–Crippen MR) is 97.0 cm³/mol. The first-order valence-corrected chi connectivity index (χ1v) is 8.64. The van der Waals surface area contributed by atoms with Crippen LogP contribution in [0.3, 0.4) is 0 Å². The van der Waals surface area contributed by atoms with Gasteiger partial charge in [-0.15, -0.1) is 0 Å². The monoisotopic (exact) mass is 343 g/mol. The molecule has 0 aliphatic heterocycles. The first-order valence-electron chi connectivity index (χ1n) is 8.64. The highest BCUT2D eigenvalue weighted by atomic mass is 16.5. The van der Waals surface area contributed by atoms with Gasteiger partial charge in [-0.2, -0.15) is 5.10 Å². The molecule has 0 unspecified atom stereocenters. The van der Waals surface area contributed by atoms with E-state index in [-0.39, 0.29) is 11.8 Å². The molecule has 0 atom stereocenters. The quantitative estimate of drug-likeness (QED) is 0.805. The fraction of sp³-hybridized carbons (Fsp3) is 0.474. The standard InChI is InChI=1S/C19H25N3O3/c1-11(2)9-14-18(20-19(23)12-5-6-12)17(22-21-14)13-7-8-15(24-3)16(10-13)25-4/h7-8,10-12H,5-6,9H2,1-4H3,(H,20,23)(H,21,22). The molecule has 0 radical (unpaired) electrons. The van der Waals surface area contributed by atoms with Crippen LogP contribution in [-0.4, -0.2) is 30.3 Å². The molecular formula is C19H25N3O3. The second-order valence-electron chi connectivity index (χ2n) is 6.86. The largest absolute Gasteiger partial charge is 0.493 e. The van der Waals surface area contributed by atoms with Gasteiger partial charge in [0.15, 0.2) is 11.5 Å². The molecule has 1 aromatic heterocycles. The molecule has 6 heteroatoms. The van der Waals surface area contributed by atoms with Crippen molar-refractivity contribution >= 4 is 11.6 Å². The zero-order valence-corrected chi connectivity index (χ0v) is 15.2. The van der Waals surface area contributed by atoms with Crippen LogP contribution in [-0.2, 0) is 11.2 Å². The molecule has 2 aromatic rings. The van der Waals surface area contributed by atoms with E-state index in [0.717, 1.165) is 41.9 Å². The predicted octanol–water partition coefficient (Wildman–Crippen LogP) is 3.64. The Morgan fingerprint density at radius 2 is 2.00 bits per heavy atom. The second-order valence-corrected chi connectivity index (χ2v) is 6.86. The normalized spacial score (nSPS) is 13.8. The van der Waals surface area contributed by atoms with Crippen LogP contribution in [0.25, 0.3) is 11.3 Å². The summed E-state index contributed by atoms with van der Waals surface area (Å²) in [6, 6.07) is 5.64. The summed E-state index contributed by atoms with van der Waals surface area (Å²) < 4.78 is 10.7. The SMILES string of the molecule is COc1ccc(-c2n[nH]c(CC(C)C)c2NC(=O)C2CC2)cc1OC. The maximum Gasteiger partial charge on any atom is 0.227 e. The van der Waals surface area contributed by atoms with Crippen molar-refractivity contribution in [2.75, 3.05) is 19.5 Å². The number of amides is 1. The van der Waals surface area contributed by atoms with Gasteiger partial charge in [-0.25, -0.2) is 0 Å². The van der Waals surface area contributed by atoms with Crippen molar-refractivity contribution in [3.8, 4) is 22.8 Å². The van der Waals surface area contributed by atoms with E-state index in [1.807, 2.05) is 18.2 Å². The number of nitrogens with one attached hydrogen (secondary N) is 2. The zero-order chi connectivity index (χ0) is 18.0. The van der Waals surface area contributed by atoms with E-state index in [1.54, 1.807) is 14.2 Å². The Morgan fingerprint density at radius 1 is 1.28 bits per heavy atom. The summed E-state index contributed by atoms with van der Waals surface area (Å²) in [4.78, 5) is 12.3. The molecule has 2 N–H and O–H groups in total. The number of carbonyl (C=O) groups excluding carboxylic acids is 1. The van der Waals surface area contributed by atoms with Crippen molar-refractivity contribution < 1.29 is 14.3 Å². The summed E-state index contributed by atoms with van der Waals surface area (Å²) in [5.74, 6) is 1.96. The van der Waals surface area contributed by atoms with Crippen LogP contribution in [0.15, 0.2) is 18.2 Å². The summed E-state index contributed by atoms with van der Waals surface area (Å²) in [5.41, 5.74) is 3.33. The first-order chi connectivity index (χ1) is 12.0. The Labute approximate surface area is 147 Å². The van der Waals surface area contributed by atoms with Gasteiger partial charge >= 0.3 is 0 Å². The van der Waals surface area contributed by atoms with E-state index >= 15 is 0 Å². The van der Waals surface area contributed by atoms with Gasteiger partial charge in [0.05, 0.1) is 25.6 Å². The Bertz CT molecular complexity index is 763. The number of ether oxygens (including phenoxy) is 2. The van der Waals surface area contributed by atoms with E-state index in [1.165, 1.54) is 0 Å². The number of H-pyrrole nitrogens is 1. The lowest BCUT2D eigenvalue weighted by atomic mass is 10.0. The maximum atomic E-state index is 12.3. The number of rotatable bonds is 7. The van der Waals surface area contributed by atoms with Gasteiger partial charge in [-0.1, -0.05) is 13.8 Å². The van der Waals surface area contributed by atoms with Gasteiger partial charge in [0, 0.05) is 11.5 Å². The van der Waals surface area contributed by atoms with E-state index < -0.39 is 0 Å². The van der Waals surface area contributed by atoms with E-state index in [9.17, 15) is 4.79 Å². The minimum Gasteiger partial charge on any atom is -0.493 e. The number of hydrogen-bond donors (Lipinski definition) is 2. The van der Waals surface area contributed by atoms with Crippen LogP contribution in [0, 0.1) is 11.8 Å². The topological polar surface area (TPSA) is 76.2 Å². The van der Waals surface area contributed by atoms with Crippen molar-refractivity contribution in [3.63, 3.8) is 0 Å². The molecule has 134 valence electrons. The molecule has 1 aliphatic rings. The summed E-state index contributed by atoms with van der Waals surface area (Å²) in [6.07, 6.45) is 2.75. The van der Waals surface area contributed by atoms with Crippen molar-refractivity contribution in [2.24, 2.45) is 11.8 Å². The number of benzene rings is 1. The van der Waals surface area contributed by atoms with E-state index in [0.29, 0.717) is 17.4 Å². The molecule has 25 heavy (non-hydrogen) atoms. The van der Waals surface area contributed by atoms with Crippen LogP contribution >= 0.6 is 0 Å². The maximum absolute atomic E-state index is 12.3. The van der Waals surface area contributed by atoms with Crippen LogP contribution < -0.4 is 14.8 Å². The van der Waals surface area contributed by atoms with Crippen molar-refractivity contribution in [2.45, 2.75) is 33.1 Å². The molecule has 0 saturated heterocycles. The molecule has 1 aromatic carbocycles. The molecule has 1 amide bonds. The number of hydrogen-bond acceptors (Lipinski definition) is 4. The van der Waals surface area contributed by atoms with Crippen LogP contribution in [0.4, 0.5) is 5.69 Å². The molecule has 1 heterocycles. The fourth-order valence-corrected chi connectivity index (χ4v) is 2.83. The smallest absolute Gasteiger partial charge is 0.227 e. The lowest BCUT2D eigenvalue weighted by Crippen LogP contribution is -2.15. The molecule has 0 bridgehead atoms. The van der Waals surface area contributed by atoms with Crippen LogP contribution in [0.1, 0.15) is 32.4 Å². The van der Waals surface area contributed by atoms with Gasteiger partial charge in [-0.05, 0) is 43.4 Å². The third-order valence-electron chi connectivity index (χ3n) is 4.31. The van der Waals surface area contributed by atoms with Crippen molar-refractivity contribution in [1.29, 1.82) is 0 Å². The highest BCUT2D eigenvalue weighted by Crippen LogP contribution is 2.37. The molecule has 1 fully saturated rings. The molecule has 1 aliphatic carbocycles. The Morgan fingerprint density at radius 3 is 2.60 bits per heavy atom. The lowest BCUT2D eigenvalue weighted by Gasteiger charge is -2.11. The zero-order valence-electron chi connectivity index (χ0n) is 15.2. The molecule has 6 nitrogen and oxygen atoms in total. The summed E-state index contributed by atoms with van der Waals surface area (Å²) >= 11 is 0. The Hall–Kier alpha value is -2.50. The fourth-order valence-electron chi connectivity index (χ4n) is 2.83. The molecule has 0 spiro atoms. The summed E-state index contributed by atoms with van der Waals surface area (Å²) in [7, 11) is 3.21. The minimum absolute atomic E-state index is 0.0770. The number of aromatic amines is 1. The number of carbonyl (C=O) groups is 1. The Kier molecular flexibility index (Phi) is 4.97. The Balaban J connectivity index is 1.99. The second kappa shape index (κ2) is 7.17. The van der Waals surface area contributed by atoms with Crippen LogP contribution in [0.2, 0.25) is 0 Å². The average molecular weight is 343 g/mol. The van der Waals surface area contributed by atoms with Gasteiger partial charge in [-0.3, -0.25) is 9.89 Å². The van der Waals surface area contributed by atoms with Crippen LogP contribution in [0.5, 0.6) is 11.5 Å². The van der Waals surface area contributed by atoms with Crippen molar-refractivity contribution in [1.82, 2.24) is 10.2 Å². The summed E-state index contributed by atoms with van der Waals surface area (Å²) in [5, 5.41) is 10.7. The number of nitrogens with zero attached hydrogens (tertiary/aromatic N) is 1. The third kappa shape index (κ3) is 3.78. The van der Waals surface area contributed by atoms with Crippen molar-refractivity contribution in [3.05, 3.63) is 23.9 Å². The number of aromatic nitrogens is 2. The highest BCUT2D eigenvalue weighted by molar-refractivity contribution is 5.98. The number of methoxy groups -OCH3 is 2. The molecule has 1 saturated carbocycles. The van der Waals surface area contributed by atoms with Gasteiger partial charge < -0.3 is 14.8 Å². The minimum atomic E-state index is 0.0770. The van der Waals surface area contributed by atoms with Gasteiger partial charge in [0.2, 0.25) is 5.91 Å².